The van der Waals surface area contributed by atoms with Crippen LogP contribution in [0.3, 0.4) is 0 Å². The molecule has 2 atom stereocenters. The molecular weight excluding hydrogens is 462 g/mol. The molecule has 1 saturated carbocycles. The van der Waals surface area contributed by atoms with E-state index in [2.05, 4.69) is 10.2 Å². The van der Waals surface area contributed by atoms with E-state index >= 15 is 0 Å². The van der Waals surface area contributed by atoms with Crippen molar-refractivity contribution < 1.29 is 13.6 Å². The average Bonchev–Trinajstić information content (AvgIpc) is 3.69. The van der Waals surface area contributed by atoms with Gasteiger partial charge in [0.25, 0.3) is 5.91 Å². The molecule has 1 aliphatic heterocycles. The van der Waals surface area contributed by atoms with Crippen LogP contribution in [0.25, 0.3) is 11.8 Å². The number of thioether (sulfide) groups is 1. The monoisotopic (exact) mass is 485 g/mol. The van der Waals surface area contributed by atoms with Crippen molar-refractivity contribution in [3.63, 3.8) is 0 Å². The average molecular weight is 486 g/mol. The van der Waals surface area contributed by atoms with Crippen LogP contribution in [0.15, 0.2) is 98.1 Å². The van der Waals surface area contributed by atoms with Crippen molar-refractivity contribution in [2.45, 2.75) is 30.5 Å². The van der Waals surface area contributed by atoms with Gasteiger partial charge in [-0.15, -0.1) is 10.2 Å². The highest BCUT2D eigenvalue weighted by Gasteiger charge is 2.45. The van der Waals surface area contributed by atoms with Crippen LogP contribution in [0.1, 0.15) is 36.8 Å². The first kappa shape index (κ1) is 21.7. The van der Waals surface area contributed by atoms with Crippen LogP contribution in [0.4, 0.5) is 0 Å². The fraction of sp³-hybridized carbons (Fsp3) is 0.231. The van der Waals surface area contributed by atoms with Gasteiger partial charge in [0.1, 0.15) is 23.9 Å². The van der Waals surface area contributed by atoms with Gasteiger partial charge in [0.15, 0.2) is 5.16 Å². The van der Waals surface area contributed by atoms with E-state index in [1.807, 2.05) is 65.2 Å². The molecule has 0 N–H and O–H groups in total. The summed E-state index contributed by atoms with van der Waals surface area (Å²) in [6, 6.07) is 17.1. The van der Waals surface area contributed by atoms with E-state index in [4.69, 9.17) is 13.9 Å². The lowest BCUT2D eigenvalue weighted by Gasteiger charge is -2.27. The molecular formula is C26H23N5O3S. The number of hydrogen-bond acceptors (Lipinski definition) is 7. The Bertz CT molecular complexity index is 1360. The molecule has 4 heterocycles. The number of benzene rings is 1. The van der Waals surface area contributed by atoms with Gasteiger partial charge < -0.3 is 8.83 Å². The Labute approximate surface area is 206 Å². The van der Waals surface area contributed by atoms with Crippen LogP contribution in [0.5, 0.6) is 0 Å². The molecule has 9 heteroatoms. The molecule has 2 aliphatic rings. The molecule has 0 spiro atoms. The minimum absolute atomic E-state index is 0.0815. The normalized spacial score (nSPS) is 20.7. The van der Waals surface area contributed by atoms with Crippen LogP contribution in [0.2, 0.25) is 0 Å². The lowest BCUT2D eigenvalue weighted by atomic mass is 9.79. The number of carbonyl (C=O) groups excluding carboxylic acids is 1. The third-order valence-corrected chi connectivity index (χ3v) is 7.25. The standard InChI is InChI=1S/C26H23N5O3S/c32-23(16-35-26-28-27-17-30(26)19-8-2-1-3-9-19)31-25(22-12-6-14-34-22)21-11-4-7-18(24(21)29-31)15-20-10-5-13-33-20/h1-3,5-6,8-10,12-15,17,21,25H,4,7,11,16H2/b18-15+. The Hall–Kier alpha value is -3.85. The van der Waals surface area contributed by atoms with Gasteiger partial charge >= 0.3 is 0 Å². The zero-order chi connectivity index (χ0) is 23.6. The Kier molecular flexibility index (Phi) is 5.83. The fourth-order valence-electron chi connectivity index (χ4n) is 4.77. The predicted octanol–water partition coefficient (Wildman–Crippen LogP) is 5.37. The first-order valence-corrected chi connectivity index (χ1v) is 12.5. The second-order valence-corrected chi connectivity index (χ2v) is 9.42. The summed E-state index contributed by atoms with van der Waals surface area (Å²) in [4.78, 5) is 13.5. The number of hydrazone groups is 1. The Morgan fingerprint density at radius 1 is 1.09 bits per heavy atom. The molecule has 1 aliphatic carbocycles. The quantitative estimate of drug-likeness (QED) is 0.341. The maximum Gasteiger partial charge on any atom is 0.253 e. The molecule has 0 radical (unpaired) electrons. The van der Waals surface area contributed by atoms with Gasteiger partial charge in [0.2, 0.25) is 0 Å². The van der Waals surface area contributed by atoms with Gasteiger partial charge in [0.05, 0.1) is 24.0 Å². The number of aromatic nitrogens is 3. The summed E-state index contributed by atoms with van der Waals surface area (Å²) in [7, 11) is 0. The molecule has 0 saturated heterocycles. The Morgan fingerprint density at radius 3 is 2.74 bits per heavy atom. The molecule has 0 bridgehead atoms. The fourth-order valence-corrected chi connectivity index (χ4v) is 5.55. The number of rotatable bonds is 6. The molecule has 3 aromatic heterocycles. The molecule has 176 valence electrons. The van der Waals surface area contributed by atoms with Crippen molar-refractivity contribution in [1.82, 2.24) is 19.8 Å². The number of hydrogen-bond donors (Lipinski definition) is 0. The van der Waals surface area contributed by atoms with Gasteiger partial charge in [-0.1, -0.05) is 30.0 Å². The Balaban J connectivity index is 1.27. The lowest BCUT2D eigenvalue weighted by Crippen LogP contribution is -2.32. The summed E-state index contributed by atoms with van der Waals surface area (Å²) < 4.78 is 13.2. The Morgan fingerprint density at radius 2 is 1.94 bits per heavy atom. The number of para-hydroxylation sites is 1. The SMILES string of the molecule is O=C(CSc1nncn1-c1ccccc1)N1N=C2/C(=C/c3ccco3)CCCC2C1c1ccco1. The summed E-state index contributed by atoms with van der Waals surface area (Å²) in [5, 5.41) is 15.4. The first-order chi connectivity index (χ1) is 17.3. The third-order valence-electron chi connectivity index (χ3n) is 6.33. The van der Waals surface area contributed by atoms with Crippen LogP contribution < -0.4 is 0 Å². The van der Waals surface area contributed by atoms with E-state index in [1.54, 1.807) is 23.9 Å². The summed E-state index contributed by atoms with van der Waals surface area (Å²) >= 11 is 1.35. The summed E-state index contributed by atoms with van der Waals surface area (Å²) in [6.45, 7) is 0. The van der Waals surface area contributed by atoms with E-state index in [9.17, 15) is 4.79 Å². The highest BCUT2D eigenvalue weighted by Crippen LogP contribution is 2.44. The molecule has 35 heavy (non-hydrogen) atoms. The van der Waals surface area contributed by atoms with E-state index < -0.39 is 0 Å². The third kappa shape index (κ3) is 4.23. The maximum absolute atomic E-state index is 13.5. The smallest absolute Gasteiger partial charge is 0.253 e. The van der Waals surface area contributed by atoms with Gasteiger partial charge in [0, 0.05) is 11.6 Å². The number of carbonyl (C=O) groups is 1. The van der Waals surface area contributed by atoms with Crippen molar-refractivity contribution in [1.29, 1.82) is 0 Å². The lowest BCUT2D eigenvalue weighted by molar-refractivity contribution is -0.131. The first-order valence-electron chi connectivity index (χ1n) is 11.5. The van der Waals surface area contributed by atoms with Crippen molar-refractivity contribution in [3.05, 3.63) is 90.5 Å². The van der Waals surface area contributed by atoms with Crippen molar-refractivity contribution >= 4 is 29.5 Å². The highest BCUT2D eigenvalue weighted by atomic mass is 32.2. The zero-order valence-electron chi connectivity index (χ0n) is 18.9. The van der Waals surface area contributed by atoms with Gasteiger partial charge in [-0.3, -0.25) is 9.36 Å². The number of furan rings is 2. The number of allylic oxidation sites excluding steroid dienone is 1. The van der Waals surface area contributed by atoms with Gasteiger partial charge in [-0.05, 0) is 67.3 Å². The molecule has 2 unspecified atom stereocenters. The molecule has 8 nitrogen and oxygen atoms in total. The van der Waals surface area contributed by atoms with Crippen LogP contribution >= 0.6 is 11.8 Å². The summed E-state index contributed by atoms with van der Waals surface area (Å²) in [5.41, 5.74) is 3.00. The zero-order valence-corrected chi connectivity index (χ0v) is 19.7. The minimum atomic E-state index is -0.264. The number of amides is 1. The van der Waals surface area contributed by atoms with E-state index in [1.165, 1.54) is 11.8 Å². The van der Waals surface area contributed by atoms with Crippen molar-refractivity contribution in [2.24, 2.45) is 11.0 Å². The topological polar surface area (TPSA) is 89.7 Å². The van der Waals surface area contributed by atoms with Crippen LogP contribution in [-0.4, -0.2) is 37.1 Å². The molecule has 1 fully saturated rings. The van der Waals surface area contributed by atoms with Crippen molar-refractivity contribution in [2.75, 3.05) is 5.75 Å². The summed E-state index contributed by atoms with van der Waals surface area (Å²) in [6.07, 6.45) is 9.87. The maximum atomic E-state index is 13.5. The number of nitrogens with zero attached hydrogens (tertiary/aromatic N) is 5. The van der Waals surface area contributed by atoms with Crippen molar-refractivity contribution in [3.8, 4) is 5.69 Å². The molecule has 4 aromatic rings. The largest absolute Gasteiger partial charge is 0.467 e. The van der Waals surface area contributed by atoms with Gasteiger partial charge in [-0.2, -0.15) is 5.10 Å². The van der Waals surface area contributed by atoms with Crippen LogP contribution in [-0.2, 0) is 4.79 Å². The minimum Gasteiger partial charge on any atom is -0.467 e. The second kappa shape index (κ2) is 9.42. The highest BCUT2D eigenvalue weighted by molar-refractivity contribution is 7.99. The van der Waals surface area contributed by atoms with E-state index in [0.29, 0.717) is 5.16 Å². The molecule has 1 amide bonds. The molecule has 6 rings (SSSR count). The predicted molar refractivity (Wildman–Crippen MR) is 132 cm³/mol. The van der Waals surface area contributed by atoms with E-state index in [0.717, 1.165) is 47.8 Å². The second-order valence-electron chi connectivity index (χ2n) is 8.48. The van der Waals surface area contributed by atoms with Gasteiger partial charge in [-0.25, -0.2) is 5.01 Å². The van der Waals surface area contributed by atoms with Crippen LogP contribution in [0, 0.1) is 5.92 Å². The summed E-state index contributed by atoms with van der Waals surface area (Å²) in [5.74, 6) is 1.71. The molecule has 1 aromatic carbocycles. The number of fused-ring (bicyclic) bond motifs is 1. The van der Waals surface area contributed by atoms with E-state index in [-0.39, 0.29) is 23.6 Å².